The molecule has 0 radical (unpaired) electrons. The first kappa shape index (κ1) is 23.2. The van der Waals surface area contributed by atoms with Crippen molar-refractivity contribution in [2.24, 2.45) is 10.7 Å². The highest BCUT2D eigenvalue weighted by Crippen LogP contribution is 2.39. The molecule has 8 heteroatoms. The van der Waals surface area contributed by atoms with E-state index in [2.05, 4.69) is 0 Å². The first-order valence-corrected chi connectivity index (χ1v) is 12.7. The van der Waals surface area contributed by atoms with E-state index < -0.39 is 5.91 Å². The Hall–Kier alpha value is -3.52. The number of methoxy groups -OCH3 is 1. The minimum atomic E-state index is -0.409. The molecule has 0 atom stereocenters. The van der Waals surface area contributed by atoms with E-state index in [0.717, 1.165) is 53.6 Å². The maximum Gasteiger partial charge on any atom is 0.267 e. The molecule has 1 aliphatic carbocycles. The highest BCUT2D eigenvalue weighted by Gasteiger charge is 2.38. The number of rotatable bonds is 6. The zero-order valence-corrected chi connectivity index (χ0v) is 20.5. The van der Waals surface area contributed by atoms with E-state index in [4.69, 9.17) is 15.5 Å². The van der Waals surface area contributed by atoms with Crippen LogP contribution in [0.5, 0.6) is 5.75 Å². The van der Waals surface area contributed by atoms with E-state index in [1.165, 1.54) is 18.2 Å². The molecule has 0 spiro atoms. The minimum absolute atomic E-state index is 0.0131. The Kier molecular flexibility index (Phi) is 6.63. The fourth-order valence-corrected chi connectivity index (χ4v) is 5.87. The van der Waals surface area contributed by atoms with Gasteiger partial charge in [0.1, 0.15) is 12.3 Å². The molecule has 2 N–H and O–H groups in total. The van der Waals surface area contributed by atoms with Crippen molar-refractivity contribution in [1.29, 1.82) is 0 Å². The van der Waals surface area contributed by atoms with E-state index in [9.17, 15) is 9.59 Å². The van der Waals surface area contributed by atoms with E-state index in [0.29, 0.717) is 10.1 Å². The number of para-hydroxylation sites is 1. The summed E-state index contributed by atoms with van der Waals surface area (Å²) in [5.41, 5.74) is 8.02. The lowest BCUT2D eigenvalue weighted by molar-refractivity contribution is -0.124. The number of ether oxygens (including phenoxy) is 1. The van der Waals surface area contributed by atoms with E-state index in [1.54, 1.807) is 7.11 Å². The molecule has 7 nitrogen and oxygen atoms in total. The van der Waals surface area contributed by atoms with Crippen molar-refractivity contribution in [3.05, 3.63) is 65.2 Å². The van der Waals surface area contributed by atoms with Crippen molar-refractivity contribution in [2.45, 2.75) is 44.7 Å². The maximum absolute atomic E-state index is 13.7. The number of amidine groups is 1. The molecule has 1 aromatic heterocycles. The van der Waals surface area contributed by atoms with Crippen LogP contribution in [0, 0.1) is 0 Å². The number of aliphatic imine (C=N–C) groups is 1. The van der Waals surface area contributed by atoms with Crippen molar-refractivity contribution in [2.75, 3.05) is 7.11 Å². The van der Waals surface area contributed by atoms with Gasteiger partial charge in [-0.1, -0.05) is 37.5 Å². The van der Waals surface area contributed by atoms with Gasteiger partial charge < -0.3 is 15.0 Å². The molecule has 2 aliphatic rings. The Morgan fingerprint density at radius 3 is 2.60 bits per heavy atom. The molecule has 180 valence electrons. The number of amides is 2. The van der Waals surface area contributed by atoms with E-state index in [1.807, 2.05) is 70.3 Å². The molecule has 2 amide bonds. The van der Waals surface area contributed by atoms with Crippen LogP contribution in [0.25, 0.3) is 17.0 Å². The number of thioether (sulfide) groups is 1. The van der Waals surface area contributed by atoms with Crippen LogP contribution in [0.15, 0.2) is 64.6 Å². The van der Waals surface area contributed by atoms with Gasteiger partial charge >= 0.3 is 0 Å². The van der Waals surface area contributed by atoms with Crippen LogP contribution in [-0.2, 0) is 16.1 Å². The predicted octanol–water partition coefficient (Wildman–Crippen LogP) is 5.07. The lowest BCUT2D eigenvalue weighted by Crippen LogP contribution is -2.40. The van der Waals surface area contributed by atoms with Crippen molar-refractivity contribution < 1.29 is 14.3 Å². The van der Waals surface area contributed by atoms with Crippen molar-refractivity contribution >= 4 is 51.4 Å². The lowest BCUT2D eigenvalue weighted by atomic mass is 9.94. The van der Waals surface area contributed by atoms with Gasteiger partial charge in [-0.15, -0.1) is 0 Å². The van der Waals surface area contributed by atoms with Crippen LogP contribution in [0.2, 0.25) is 0 Å². The number of aromatic nitrogens is 1. The third-order valence-electron chi connectivity index (χ3n) is 6.51. The number of hydrogen-bond acceptors (Lipinski definition) is 5. The highest BCUT2D eigenvalue weighted by atomic mass is 32.2. The lowest BCUT2D eigenvalue weighted by Gasteiger charge is -2.30. The molecular formula is C27H28N4O3S. The van der Waals surface area contributed by atoms with Gasteiger partial charge in [-0.25, -0.2) is 4.99 Å². The van der Waals surface area contributed by atoms with Gasteiger partial charge in [0, 0.05) is 28.7 Å². The smallest absolute Gasteiger partial charge is 0.267 e. The van der Waals surface area contributed by atoms with Gasteiger partial charge in [-0.05, 0) is 61.0 Å². The number of benzene rings is 2. The van der Waals surface area contributed by atoms with E-state index >= 15 is 0 Å². The van der Waals surface area contributed by atoms with E-state index in [-0.39, 0.29) is 18.5 Å². The van der Waals surface area contributed by atoms with Gasteiger partial charge in [0.05, 0.1) is 17.7 Å². The standard InChI is InChI=1S/C27H28N4O3S/c1-34-21-13-11-19(12-14-21)29-27-31(20-7-3-2-4-8-20)26(33)24(35-27)15-18-16-30(17-25(28)32)23-10-6-5-9-22(18)23/h5-6,9-16,20H,2-4,7-8,17H2,1H3,(H2,28,32)/b24-15-,29-27?. The zero-order valence-electron chi connectivity index (χ0n) is 19.6. The number of nitrogens with two attached hydrogens (primary N) is 1. The third kappa shape index (κ3) is 4.84. The average molecular weight is 489 g/mol. The molecule has 1 saturated heterocycles. The molecule has 2 aromatic carbocycles. The minimum Gasteiger partial charge on any atom is -0.497 e. The monoisotopic (exact) mass is 488 g/mol. The van der Waals surface area contributed by atoms with Crippen LogP contribution in [0.4, 0.5) is 5.69 Å². The second kappa shape index (κ2) is 10.00. The fraction of sp³-hybridized carbons (Fsp3) is 0.296. The van der Waals surface area contributed by atoms with Crippen LogP contribution in [0.3, 0.4) is 0 Å². The summed E-state index contributed by atoms with van der Waals surface area (Å²) in [6.45, 7) is 0.0865. The summed E-state index contributed by atoms with van der Waals surface area (Å²) in [4.78, 5) is 32.7. The maximum atomic E-state index is 13.7. The molecule has 0 unspecified atom stereocenters. The van der Waals surface area contributed by atoms with Crippen molar-refractivity contribution in [3.8, 4) is 5.75 Å². The van der Waals surface area contributed by atoms with Crippen LogP contribution in [-0.4, -0.2) is 39.6 Å². The second-order valence-corrected chi connectivity index (χ2v) is 9.87. The van der Waals surface area contributed by atoms with Crippen molar-refractivity contribution in [1.82, 2.24) is 9.47 Å². The Bertz CT molecular complexity index is 1320. The number of carbonyl (C=O) groups excluding carboxylic acids is 2. The van der Waals surface area contributed by atoms with Gasteiger partial charge in [0.25, 0.3) is 5.91 Å². The molecular weight excluding hydrogens is 460 g/mol. The molecule has 0 bridgehead atoms. The molecule has 1 saturated carbocycles. The summed E-state index contributed by atoms with van der Waals surface area (Å²) in [5.74, 6) is 0.343. The zero-order chi connectivity index (χ0) is 24.4. The van der Waals surface area contributed by atoms with Gasteiger partial charge in [0.2, 0.25) is 5.91 Å². The summed E-state index contributed by atoms with van der Waals surface area (Å²) in [6, 6.07) is 15.5. The number of primary amides is 1. The van der Waals surface area contributed by atoms with Gasteiger partial charge in [0.15, 0.2) is 5.17 Å². The largest absolute Gasteiger partial charge is 0.497 e. The fourth-order valence-electron chi connectivity index (χ4n) is 4.82. The number of carbonyl (C=O) groups is 2. The normalized spacial score (nSPS) is 19.2. The van der Waals surface area contributed by atoms with Crippen LogP contribution < -0.4 is 10.5 Å². The molecule has 1 aliphatic heterocycles. The summed E-state index contributed by atoms with van der Waals surface area (Å²) in [7, 11) is 1.63. The average Bonchev–Trinajstić information content (AvgIpc) is 3.36. The Morgan fingerprint density at radius 2 is 1.89 bits per heavy atom. The third-order valence-corrected chi connectivity index (χ3v) is 7.49. The Balaban J connectivity index is 1.54. The van der Waals surface area contributed by atoms with Crippen LogP contribution in [0.1, 0.15) is 37.7 Å². The predicted molar refractivity (Wildman–Crippen MR) is 141 cm³/mol. The Labute approximate surface area is 208 Å². The first-order chi connectivity index (χ1) is 17.0. The summed E-state index contributed by atoms with van der Waals surface area (Å²) in [6.07, 6.45) is 9.22. The molecule has 5 rings (SSSR count). The summed E-state index contributed by atoms with van der Waals surface area (Å²) in [5, 5.41) is 1.68. The Morgan fingerprint density at radius 1 is 1.14 bits per heavy atom. The van der Waals surface area contributed by atoms with Crippen LogP contribution >= 0.6 is 11.8 Å². The molecule has 35 heavy (non-hydrogen) atoms. The molecule has 2 heterocycles. The summed E-state index contributed by atoms with van der Waals surface area (Å²) < 4.78 is 7.09. The summed E-state index contributed by atoms with van der Waals surface area (Å²) >= 11 is 1.41. The number of hydrogen-bond donors (Lipinski definition) is 1. The quantitative estimate of drug-likeness (QED) is 0.491. The highest BCUT2D eigenvalue weighted by molar-refractivity contribution is 8.18. The topological polar surface area (TPSA) is 89.9 Å². The first-order valence-electron chi connectivity index (χ1n) is 11.9. The molecule has 3 aromatic rings. The number of nitrogens with zero attached hydrogens (tertiary/aromatic N) is 3. The number of fused-ring (bicyclic) bond motifs is 1. The SMILES string of the molecule is COc1ccc(N=C2S/C(=C\c3cn(CC(N)=O)c4ccccc34)C(=O)N2C2CCCCC2)cc1. The second-order valence-electron chi connectivity index (χ2n) is 8.87. The molecule has 2 fully saturated rings. The van der Waals surface area contributed by atoms with Gasteiger partial charge in [-0.2, -0.15) is 0 Å². The van der Waals surface area contributed by atoms with Crippen molar-refractivity contribution in [3.63, 3.8) is 0 Å². The van der Waals surface area contributed by atoms with Gasteiger partial charge in [-0.3, -0.25) is 14.5 Å².